The maximum Gasteiger partial charge on any atom is 0.394 e. The van der Waals surface area contributed by atoms with Gasteiger partial charge in [0.05, 0.1) is 0 Å². The van der Waals surface area contributed by atoms with Crippen LogP contribution in [0, 0.1) is 3.57 Å². The monoisotopic (exact) mass is 284 g/mol. The molecule has 0 N–H and O–H groups in total. The summed E-state index contributed by atoms with van der Waals surface area (Å²) in [5, 5.41) is 0. The minimum Gasteiger partial charge on any atom is -0.433 e. The van der Waals surface area contributed by atoms with Gasteiger partial charge in [0.25, 0.3) is 0 Å². The summed E-state index contributed by atoms with van der Waals surface area (Å²) in [7, 11) is 0. The quantitative estimate of drug-likeness (QED) is 0.757. The van der Waals surface area contributed by atoms with E-state index in [2.05, 4.69) is 27.3 Å². The van der Waals surface area contributed by atoms with Crippen LogP contribution in [0.1, 0.15) is 6.92 Å². The molecule has 0 aliphatic heterocycles. The Morgan fingerprint density at radius 1 is 1.25 bits per heavy atom. The van der Waals surface area contributed by atoms with E-state index >= 15 is 0 Å². The van der Waals surface area contributed by atoms with Crippen molar-refractivity contribution < 1.29 is 13.5 Å². The van der Waals surface area contributed by atoms with Gasteiger partial charge in [-0.2, -0.15) is 8.78 Å². The molecular formula is C8H7F2IO. The van der Waals surface area contributed by atoms with Gasteiger partial charge in [-0.05, 0) is 46.9 Å². The first-order chi connectivity index (χ1) is 5.47. The zero-order valence-electron chi connectivity index (χ0n) is 6.35. The SMILES string of the molecule is CC(F)(F)Oc1ccc(I)cc1. The first-order valence-corrected chi connectivity index (χ1v) is 4.38. The number of rotatable bonds is 2. The van der Waals surface area contributed by atoms with Crippen molar-refractivity contribution in [3.63, 3.8) is 0 Å². The zero-order valence-corrected chi connectivity index (χ0v) is 8.51. The molecule has 0 aliphatic carbocycles. The van der Waals surface area contributed by atoms with Crippen molar-refractivity contribution in [3.05, 3.63) is 27.8 Å². The highest BCUT2D eigenvalue weighted by Crippen LogP contribution is 2.21. The molecule has 0 heterocycles. The van der Waals surface area contributed by atoms with Crippen LogP contribution >= 0.6 is 22.6 Å². The first kappa shape index (κ1) is 9.70. The topological polar surface area (TPSA) is 9.23 Å². The summed E-state index contributed by atoms with van der Waals surface area (Å²) >= 11 is 2.09. The predicted molar refractivity (Wildman–Crippen MR) is 50.4 cm³/mol. The second kappa shape index (κ2) is 3.55. The van der Waals surface area contributed by atoms with Crippen LogP contribution in [0.5, 0.6) is 5.75 Å². The fourth-order valence-corrected chi connectivity index (χ4v) is 1.07. The van der Waals surface area contributed by atoms with Gasteiger partial charge in [0, 0.05) is 10.5 Å². The molecule has 0 aromatic heterocycles. The smallest absolute Gasteiger partial charge is 0.394 e. The maximum atomic E-state index is 12.3. The standard InChI is InChI=1S/C8H7F2IO/c1-8(9,10)12-7-4-2-6(11)3-5-7/h2-5H,1H3. The number of alkyl halides is 2. The van der Waals surface area contributed by atoms with E-state index in [0.717, 1.165) is 3.57 Å². The highest BCUT2D eigenvalue weighted by atomic mass is 127. The molecule has 0 atom stereocenters. The Kier molecular flexibility index (Phi) is 2.87. The van der Waals surface area contributed by atoms with Crippen LogP contribution in [-0.2, 0) is 0 Å². The van der Waals surface area contributed by atoms with Gasteiger partial charge in [-0.25, -0.2) is 0 Å². The lowest BCUT2D eigenvalue weighted by Gasteiger charge is -2.12. The summed E-state index contributed by atoms with van der Waals surface area (Å²) in [4.78, 5) is 0. The minimum atomic E-state index is -3.10. The highest BCUT2D eigenvalue weighted by molar-refractivity contribution is 14.1. The Labute approximate surface area is 82.9 Å². The van der Waals surface area contributed by atoms with Crippen molar-refractivity contribution in [3.8, 4) is 5.75 Å². The van der Waals surface area contributed by atoms with Crippen LogP contribution in [0.2, 0.25) is 0 Å². The summed E-state index contributed by atoms with van der Waals surface area (Å²) < 4.78 is 29.9. The lowest BCUT2D eigenvalue weighted by atomic mass is 10.3. The van der Waals surface area contributed by atoms with Gasteiger partial charge in [0.15, 0.2) is 0 Å². The van der Waals surface area contributed by atoms with Crippen molar-refractivity contribution in [2.75, 3.05) is 0 Å². The van der Waals surface area contributed by atoms with Crippen molar-refractivity contribution in [1.82, 2.24) is 0 Å². The minimum absolute atomic E-state index is 0.183. The number of hydrogen-bond donors (Lipinski definition) is 0. The predicted octanol–water partition coefficient (Wildman–Crippen LogP) is 3.28. The third-order valence-corrected chi connectivity index (χ3v) is 1.83. The highest BCUT2D eigenvalue weighted by Gasteiger charge is 2.22. The molecule has 0 saturated heterocycles. The Hall–Kier alpha value is -0.390. The summed E-state index contributed by atoms with van der Waals surface area (Å²) in [5.74, 6) is 0.183. The Bertz CT molecular complexity index is 253. The van der Waals surface area contributed by atoms with Gasteiger partial charge in [0.2, 0.25) is 0 Å². The number of ether oxygens (including phenoxy) is 1. The molecule has 0 spiro atoms. The van der Waals surface area contributed by atoms with Crippen LogP contribution in [-0.4, -0.2) is 6.11 Å². The molecular weight excluding hydrogens is 277 g/mol. The Morgan fingerprint density at radius 2 is 1.75 bits per heavy atom. The van der Waals surface area contributed by atoms with E-state index in [1.54, 1.807) is 12.1 Å². The van der Waals surface area contributed by atoms with Crippen molar-refractivity contribution in [2.45, 2.75) is 13.0 Å². The summed E-state index contributed by atoms with van der Waals surface area (Å²) in [5.41, 5.74) is 0. The molecule has 12 heavy (non-hydrogen) atoms. The molecule has 0 unspecified atom stereocenters. The average molecular weight is 284 g/mol. The van der Waals surface area contributed by atoms with Crippen LogP contribution < -0.4 is 4.74 Å². The molecule has 66 valence electrons. The molecule has 1 aromatic rings. The van der Waals surface area contributed by atoms with E-state index in [9.17, 15) is 8.78 Å². The van der Waals surface area contributed by atoms with E-state index < -0.39 is 6.11 Å². The molecule has 0 aliphatic rings. The second-order valence-corrected chi connectivity index (χ2v) is 3.61. The van der Waals surface area contributed by atoms with Gasteiger partial charge in [-0.1, -0.05) is 0 Å². The molecule has 1 aromatic carbocycles. The van der Waals surface area contributed by atoms with Crippen LogP contribution in [0.15, 0.2) is 24.3 Å². The Balaban J connectivity index is 2.71. The van der Waals surface area contributed by atoms with Crippen LogP contribution in [0.3, 0.4) is 0 Å². The average Bonchev–Trinajstić information content (AvgIpc) is 1.91. The van der Waals surface area contributed by atoms with E-state index in [-0.39, 0.29) is 5.75 Å². The molecule has 4 heteroatoms. The van der Waals surface area contributed by atoms with Crippen molar-refractivity contribution >= 4 is 22.6 Å². The fourth-order valence-electron chi connectivity index (χ4n) is 0.710. The number of benzene rings is 1. The van der Waals surface area contributed by atoms with Crippen molar-refractivity contribution in [1.29, 1.82) is 0 Å². The Morgan fingerprint density at radius 3 is 2.17 bits per heavy atom. The molecule has 1 nitrogen and oxygen atoms in total. The largest absolute Gasteiger partial charge is 0.433 e. The van der Waals surface area contributed by atoms with Crippen molar-refractivity contribution in [2.24, 2.45) is 0 Å². The lowest BCUT2D eigenvalue weighted by Crippen LogP contribution is -2.18. The van der Waals surface area contributed by atoms with E-state index in [1.165, 1.54) is 12.1 Å². The maximum absolute atomic E-state index is 12.3. The summed E-state index contributed by atoms with van der Waals surface area (Å²) in [6, 6.07) is 6.45. The molecule has 0 bridgehead atoms. The third-order valence-electron chi connectivity index (χ3n) is 1.11. The van der Waals surface area contributed by atoms with E-state index in [4.69, 9.17) is 0 Å². The van der Waals surface area contributed by atoms with Gasteiger partial charge in [0.1, 0.15) is 5.75 Å². The molecule has 1 rings (SSSR count). The van der Waals surface area contributed by atoms with Gasteiger partial charge < -0.3 is 4.74 Å². The lowest BCUT2D eigenvalue weighted by molar-refractivity contribution is -0.158. The molecule has 0 saturated carbocycles. The van der Waals surface area contributed by atoms with E-state index in [0.29, 0.717) is 6.92 Å². The fraction of sp³-hybridized carbons (Fsp3) is 0.250. The number of halogens is 3. The molecule has 0 fully saturated rings. The first-order valence-electron chi connectivity index (χ1n) is 3.30. The molecule has 0 amide bonds. The van der Waals surface area contributed by atoms with Gasteiger partial charge >= 0.3 is 6.11 Å². The summed E-state index contributed by atoms with van der Waals surface area (Å²) in [6.45, 7) is 0.713. The summed E-state index contributed by atoms with van der Waals surface area (Å²) in [6.07, 6.45) is -3.10. The zero-order chi connectivity index (χ0) is 9.19. The van der Waals surface area contributed by atoms with Gasteiger partial charge in [-0.3, -0.25) is 0 Å². The van der Waals surface area contributed by atoms with E-state index in [1.807, 2.05) is 0 Å². The molecule has 0 radical (unpaired) electrons. The second-order valence-electron chi connectivity index (χ2n) is 2.36. The van der Waals surface area contributed by atoms with Crippen LogP contribution in [0.25, 0.3) is 0 Å². The third kappa shape index (κ3) is 3.34. The number of hydrogen-bond acceptors (Lipinski definition) is 1. The normalized spacial score (nSPS) is 11.3. The van der Waals surface area contributed by atoms with Gasteiger partial charge in [-0.15, -0.1) is 0 Å². The van der Waals surface area contributed by atoms with Crippen LogP contribution in [0.4, 0.5) is 8.78 Å².